The Kier molecular flexibility index (Phi) is 21.3. The Balaban J connectivity index is 0.000000111. The van der Waals surface area contributed by atoms with Gasteiger partial charge in [-0.1, -0.05) is 443 Å². The summed E-state index contributed by atoms with van der Waals surface area (Å²) >= 11 is 3.75. The Morgan fingerprint density at radius 2 is 0.422 bits per heavy atom. The van der Waals surface area contributed by atoms with E-state index in [1.54, 1.807) is 0 Å². The molecule has 632 valence electrons. The molecule has 26 aromatic rings. The summed E-state index contributed by atoms with van der Waals surface area (Å²) in [6.07, 6.45) is 0. The maximum Gasteiger partial charge on any atom is 0.161 e. The van der Waals surface area contributed by atoms with Crippen LogP contribution >= 0.6 is 22.7 Å². The van der Waals surface area contributed by atoms with Crippen LogP contribution < -0.4 is 0 Å². The van der Waals surface area contributed by atoms with Gasteiger partial charge in [-0.2, -0.15) is 0 Å². The molecular formula is C127H81N5OS2. The molecule has 26 rings (SSSR count). The Hall–Kier alpha value is -17.3. The summed E-state index contributed by atoms with van der Waals surface area (Å²) in [5.41, 5.74) is 30.1. The standard InChI is InChI=1S/C45H29NS.C44H28N2S.C38H24N2O/c1-4-14-31(15-5-1)39-28-35(29-40(46-39)32-16-6-2-7-17-32)30-24-26-34(27-25-30)42-36-20-10-11-21-37(36)43(33-18-8-3-9-19-33)45-44(42)38-22-12-13-23-41(38)47-45;1-4-15-29(16-5-1)32-21-14-22-33(27-32)38-28-37(30-17-6-2-7-18-30)45-44(46-38)42-35-24-11-10-23-34(35)40(31-19-8-3-9-20-31)43-41(42)36-25-12-13-26-39(36)47-43;1-4-14-25(15-5-1)31-24-32(26-16-6-2-7-17-26)40-38(39-31)36-29-21-11-10-20-28(29)34(27-18-8-3-9-19-27)37-35(36)30-22-12-13-23-33(30)41-37/h1-29H;1-28H;1-24H. The van der Waals surface area contributed by atoms with Crippen LogP contribution in [0.1, 0.15) is 0 Å². The lowest BCUT2D eigenvalue weighted by atomic mass is 9.88. The van der Waals surface area contributed by atoms with Crippen LogP contribution in [0.2, 0.25) is 0 Å². The molecule has 0 radical (unpaired) electrons. The molecule has 6 nitrogen and oxygen atoms in total. The first-order chi connectivity index (χ1) is 67.0. The van der Waals surface area contributed by atoms with E-state index in [4.69, 9.17) is 29.3 Å². The van der Waals surface area contributed by atoms with Crippen molar-refractivity contribution in [2.45, 2.75) is 0 Å². The van der Waals surface area contributed by atoms with Crippen molar-refractivity contribution in [1.82, 2.24) is 24.9 Å². The molecule has 0 aliphatic heterocycles. The molecule has 8 heteroatoms. The van der Waals surface area contributed by atoms with E-state index in [0.29, 0.717) is 5.82 Å². The molecule has 0 N–H and O–H groups in total. The number of benzene rings is 20. The summed E-state index contributed by atoms with van der Waals surface area (Å²) in [6.45, 7) is 0. The number of nitrogens with zero attached hydrogens (tertiary/aromatic N) is 5. The number of hydrogen-bond donors (Lipinski definition) is 0. The highest BCUT2D eigenvalue weighted by Crippen LogP contribution is 2.54. The van der Waals surface area contributed by atoms with E-state index >= 15 is 0 Å². The van der Waals surface area contributed by atoms with Gasteiger partial charge in [0.05, 0.1) is 34.2 Å². The minimum absolute atomic E-state index is 0.678. The first-order valence-electron chi connectivity index (χ1n) is 45.6. The zero-order chi connectivity index (χ0) is 89.5. The van der Waals surface area contributed by atoms with Crippen LogP contribution in [0.5, 0.6) is 0 Å². The number of thiophene rings is 2. The molecule has 0 aliphatic rings. The van der Waals surface area contributed by atoms with Gasteiger partial charge in [0.1, 0.15) is 11.2 Å². The lowest BCUT2D eigenvalue weighted by Gasteiger charge is -2.16. The predicted molar refractivity (Wildman–Crippen MR) is 570 cm³/mol. The van der Waals surface area contributed by atoms with Crippen molar-refractivity contribution < 1.29 is 4.42 Å². The molecule has 0 saturated carbocycles. The number of rotatable bonds is 14. The highest BCUT2D eigenvalue weighted by molar-refractivity contribution is 7.27. The second-order valence-electron chi connectivity index (χ2n) is 33.8. The summed E-state index contributed by atoms with van der Waals surface area (Å²) in [5, 5.41) is 14.3. The minimum Gasteiger partial charge on any atom is -0.455 e. The van der Waals surface area contributed by atoms with Crippen LogP contribution in [0, 0.1) is 0 Å². The monoisotopic (exact) mass is 1760 g/mol. The van der Waals surface area contributed by atoms with Crippen molar-refractivity contribution in [2.24, 2.45) is 0 Å². The van der Waals surface area contributed by atoms with Crippen molar-refractivity contribution in [2.75, 3.05) is 0 Å². The first-order valence-corrected chi connectivity index (χ1v) is 47.2. The Bertz CT molecular complexity index is 8810. The number of hydrogen-bond acceptors (Lipinski definition) is 8. The second-order valence-corrected chi connectivity index (χ2v) is 35.9. The van der Waals surface area contributed by atoms with Gasteiger partial charge in [0.2, 0.25) is 0 Å². The molecular weight excluding hydrogens is 1680 g/mol. The normalized spacial score (nSPS) is 11.4. The zero-order valence-electron chi connectivity index (χ0n) is 73.2. The van der Waals surface area contributed by atoms with Gasteiger partial charge in [-0.15, -0.1) is 22.7 Å². The lowest BCUT2D eigenvalue weighted by molar-refractivity contribution is 0.670. The molecule has 0 aliphatic carbocycles. The largest absolute Gasteiger partial charge is 0.455 e. The number of furan rings is 1. The SMILES string of the molecule is c1ccc(-c2cc(-c3ccc(-c4c5ccccc5c(-c5ccccc5)c5sc6ccccc6c45)cc3)cc(-c3ccccc3)n2)cc1.c1ccc(-c2cc(-c3ccccc3)nc(-c3c4ccccc4c(-c4ccccc4)c4oc5ccccc5c34)n2)cc1.c1ccc(-c2cccc(-c3cc(-c4ccccc4)nc(-c4c5ccccc5c(-c5ccccc5)c5sc6ccccc6c45)n3)c2)cc1. The summed E-state index contributed by atoms with van der Waals surface area (Å²) in [4.78, 5) is 26.3. The highest BCUT2D eigenvalue weighted by atomic mass is 32.1. The van der Waals surface area contributed by atoms with Gasteiger partial charge in [0.15, 0.2) is 11.6 Å². The molecule has 0 atom stereocenters. The number of para-hydroxylation sites is 1. The average molecular weight is 1760 g/mol. The van der Waals surface area contributed by atoms with E-state index in [-0.39, 0.29) is 0 Å². The van der Waals surface area contributed by atoms with Crippen molar-refractivity contribution in [3.63, 3.8) is 0 Å². The maximum absolute atomic E-state index is 6.68. The molecule has 0 fully saturated rings. The van der Waals surface area contributed by atoms with Crippen LogP contribution in [-0.2, 0) is 0 Å². The van der Waals surface area contributed by atoms with Gasteiger partial charge in [-0.3, -0.25) is 0 Å². The van der Waals surface area contributed by atoms with Gasteiger partial charge in [-0.25, -0.2) is 24.9 Å². The third-order valence-corrected chi connectivity index (χ3v) is 28.0. The van der Waals surface area contributed by atoms with Gasteiger partial charge in [0, 0.05) is 112 Å². The van der Waals surface area contributed by atoms with Crippen molar-refractivity contribution in [1.29, 1.82) is 0 Å². The van der Waals surface area contributed by atoms with Crippen LogP contribution in [0.25, 0.3) is 252 Å². The van der Waals surface area contributed by atoms with Crippen LogP contribution in [0.15, 0.2) is 496 Å². The molecule has 0 spiro atoms. The molecule has 135 heavy (non-hydrogen) atoms. The van der Waals surface area contributed by atoms with E-state index in [0.717, 1.165) is 145 Å². The summed E-state index contributed by atoms with van der Waals surface area (Å²) < 4.78 is 11.8. The van der Waals surface area contributed by atoms with Gasteiger partial charge < -0.3 is 4.42 Å². The van der Waals surface area contributed by atoms with E-state index in [9.17, 15) is 0 Å². The molecule has 0 amide bonds. The second kappa shape index (κ2) is 35.5. The predicted octanol–water partition coefficient (Wildman–Crippen LogP) is 35.5. The molecule has 0 saturated heterocycles. The van der Waals surface area contributed by atoms with Crippen LogP contribution in [0.4, 0.5) is 0 Å². The summed E-state index contributed by atoms with van der Waals surface area (Å²) in [6, 6.07) is 173. The number of aromatic nitrogens is 5. The minimum atomic E-state index is 0.678. The molecule has 6 heterocycles. The van der Waals surface area contributed by atoms with Crippen LogP contribution in [-0.4, -0.2) is 24.9 Å². The molecule has 6 aromatic heterocycles. The molecule has 0 bridgehead atoms. The zero-order valence-corrected chi connectivity index (χ0v) is 74.9. The Morgan fingerprint density at radius 1 is 0.156 bits per heavy atom. The van der Waals surface area contributed by atoms with E-state index in [2.05, 4.69) is 419 Å². The first kappa shape index (κ1) is 81.0. The molecule has 20 aromatic carbocycles. The topological polar surface area (TPSA) is 77.6 Å². The van der Waals surface area contributed by atoms with Crippen molar-refractivity contribution >= 4 is 117 Å². The van der Waals surface area contributed by atoms with Gasteiger partial charge in [-0.05, 0) is 131 Å². The summed E-state index contributed by atoms with van der Waals surface area (Å²) in [7, 11) is 0. The van der Waals surface area contributed by atoms with E-state index in [1.165, 1.54) is 101 Å². The smallest absolute Gasteiger partial charge is 0.161 e. The Labute approximate surface area is 789 Å². The number of fused-ring (bicyclic) bond motifs is 12. The average Bonchev–Trinajstić information content (AvgIpc) is 1.61. The fourth-order valence-electron chi connectivity index (χ4n) is 19.4. The number of pyridine rings is 1. The van der Waals surface area contributed by atoms with Gasteiger partial charge in [0.25, 0.3) is 0 Å². The fourth-order valence-corrected chi connectivity index (χ4v) is 22.0. The third-order valence-electron chi connectivity index (χ3n) is 25.6. The van der Waals surface area contributed by atoms with Crippen LogP contribution in [0.3, 0.4) is 0 Å². The van der Waals surface area contributed by atoms with E-state index < -0.39 is 0 Å². The summed E-state index contributed by atoms with van der Waals surface area (Å²) in [5.74, 6) is 1.41. The molecule has 0 unspecified atom stereocenters. The fraction of sp³-hybridized carbons (Fsp3) is 0. The quantitative estimate of drug-likeness (QED) is 0.108. The van der Waals surface area contributed by atoms with E-state index in [1.807, 2.05) is 95.5 Å². The Morgan fingerprint density at radius 3 is 0.837 bits per heavy atom. The highest BCUT2D eigenvalue weighted by Gasteiger charge is 2.29. The third kappa shape index (κ3) is 15.3. The van der Waals surface area contributed by atoms with Crippen molar-refractivity contribution in [3.8, 4) is 157 Å². The maximum atomic E-state index is 6.68. The van der Waals surface area contributed by atoms with Crippen molar-refractivity contribution in [3.05, 3.63) is 491 Å². The van der Waals surface area contributed by atoms with Gasteiger partial charge >= 0.3 is 0 Å². The lowest BCUT2D eigenvalue weighted by Crippen LogP contribution is -1.98.